The van der Waals surface area contributed by atoms with Crippen LogP contribution in [0.15, 0.2) is 0 Å². The molecule has 1 saturated heterocycles. The van der Waals surface area contributed by atoms with E-state index in [1.54, 1.807) is 0 Å². The van der Waals surface area contributed by atoms with E-state index >= 15 is 0 Å². The molecule has 3 nitrogen and oxygen atoms in total. The molecular weight excluding hydrogens is 341 g/mol. The summed E-state index contributed by atoms with van der Waals surface area (Å²) < 4.78 is 0.122. The van der Waals surface area contributed by atoms with Crippen LogP contribution in [0, 0.1) is 11.3 Å². The summed E-state index contributed by atoms with van der Waals surface area (Å²) in [4.78, 5) is 26.2. The first-order chi connectivity index (χ1) is 8.37. The van der Waals surface area contributed by atoms with Crippen molar-refractivity contribution in [3.05, 3.63) is 0 Å². The number of hydrogen-bond acceptors (Lipinski definition) is 2. The Morgan fingerprint density at radius 2 is 2.00 bits per heavy atom. The van der Waals surface area contributed by atoms with Crippen LogP contribution in [0.2, 0.25) is 0 Å². The third kappa shape index (κ3) is 2.32. The molecule has 2 fully saturated rings. The fourth-order valence-corrected chi connectivity index (χ4v) is 4.17. The summed E-state index contributed by atoms with van der Waals surface area (Å²) in [5.74, 6) is 0.133. The van der Waals surface area contributed by atoms with Crippen LogP contribution in [0.1, 0.15) is 52.9 Å². The zero-order chi connectivity index (χ0) is 13.5. The molecule has 1 saturated carbocycles. The number of halogens is 1. The van der Waals surface area contributed by atoms with Crippen molar-refractivity contribution >= 4 is 32.3 Å². The number of fused-ring (bicyclic) bond motifs is 1. The number of hydrogen-bond donors (Lipinski definition) is 0. The zero-order valence-corrected chi connectivity index (χ0v) is 13.6. The first-order valence-electron chi connectivity index (χ1n) is 6.88. The van der Waals surface area contributed by atoms with Gasteiger partial charge in [0.05, 0.1) is 0 Å². The molecule has 102 valence electrons. The maximum absolute atomic E-state index is 12.4. The van der Waals surface area contributed by atoms with Gasteiger partial charge in [0, 0.05) is 34.6 Å². The third-order valence-corrected chi connectivity index (χ3v) is 5.34. The summed E-state index contributed by atoms with van der Waals surface area (Å²) in [6, 6.07) is 0.0958. The van der Waals surface area contributed by atoms with Gasteiger partial charge in [0.2, 0.25) is 9.70 Å². The quantitative estimate of drug-likeness (QED) is 0.558. The van der Waals surface area contributed by atoms with Crippen LogP contribution in [0.4, 0.5) is 0 Å². The molecule has 1 heterocycles. The lowest BCUT2D eigenvalue weighted by molar-refractivity contribution is -0.141. The number of carbonyl (C=O) groups excluding carboxylic acids is 2. The van der Waals surface area contributed by atoms with E-state index < -0.39 is 0 Å². The predicted octanol–water partition coefficient (Wildman–Crippen LogP) is 3.15. The Labute approximate surface area is 123 Å². The Balaban J connectivity index is 2.32. The summed E-state index contributed by atoms with van der Waals surface area (Å²) in [6.07, 6.45) is 5.50. The van der Waals surface area contributed by atoms with E-state index in [4.69, 9.17) is 0 Å². The van der Waals surface area contributed by atoms with Gasteiger partial charge < -0.3 is 4.90 Å². The highest BCUT2D eigenvalue weighted by Crippen LogP contribution is 2.50. The van der Waals surface area contributed by atoms with Crippen LogP contribution < -0.4 is 0 Å². The van der Waals surface area contributed by atoms with Gasteiger partial charge in [0.15, 0.2) is 0 Å². The smallest absolute Gasteiger partial charge is 0.226 e. The van der Waals surface area contributed by atoms with Crippen LogP contribution in [-0.2, 0) is 9.59 Å². The predicted molar refractivity (Wildman–Crippen MR) is 79.5 cm³/mol. The van der Waals surface area contributed by atoms with Gasteiger partial charge in [-0.15, -0.1) is 0 Å². The highest BCUT2D eigenvalue weighted by Gasteiger charge is 2.53. The molecule has 2 rings (SSSR count). The van der Waals surface area contributed by atoms with E-state index in [2.05, 4.69) is 6.92 Å². The van der Waals surface area contributed by atoms with Crippen molar-refractivity contribution in [2.24, 2.45) is 11.3 Å². The molecule has 0 aromatic rings. The van der Waals surface area contributed by atoms with Gasteiger partial charge in [0.25, 0.3) is 0 Å². The Hall–Kier alpha value is -0.130. The van der Waals surface area contributed by atoms with Gasteiger partial charge in [-0.05, 0) is 24.7 Å². The number of carbonyl (C=O) groups is 2. The molecule has 3 atom stereocenters. The van der Waals surface area contributed by atoms with Crippen LogP contribution >= 0.6 is 22.6 Å². The highest BCUT2D eigenvalue weighted by atomic mass is 127. The fraction of sp³-hybridized carbons (Fsp3) is 0.857. The minimum atomic E-state index is -0.186. The zero-order valence-electron chi connectivity index (χ0n) is 11.4. The second kappa shape index (κ2) is 5.10. The van der Waals surface area contributed by atoms with E-state index in [9.17, 15) is 9.59 Å². The Morgan fingerprint density at radius 3 is 2.56 bits per heavy atom. The molecule has 0 aromatic heterocycles. The second-order valence-corrected chi connectivity index (χ2v) is 7.40. The van der Waals surface area contributed by atoms with Crippen molar-refractivity contribution in [3.8, 4) is 0 Å². The molecule has 18 heavy (non-hydrogen) atoms. The minimum Gasteiger partial charge on any atom is -0.328 e. The number of rotatable bonds is 2. The van der Waals surface area contributed by atoms with E-state index in [1.807, 2.05) is 41.3 Å². The van der Waals surface area contributed by atoms with Crippen molar-refractivity contribution in [3.63, 3.8) is 0 Å². The molecule has 0 aromatic carbocycles. The average Bonchev–Trinajstić information content (AvgIpc) is 2.61. The van der Waals surface area contributed by atoms with E-state index in [-0.39, 0.29) is 33.1 Å². The Kier molecular flexibility index (Phi) is 4.04. The minimum absolute atomic E-state index is 0.0208. The van der Waals surface area contributed by atoms with Crippen molar-refractivity contribution in [1.82, 2.24) is 4.90 Å². The SMILES string of the molecule is CC(C)C(=O)N1[C@H]2CCCC[C@]2(C)C[C@H]1C(=O)I. The number of likely N-dealkylation sites (tertiary alicyclic amines) is 1. The van der Waals surface area contributed by atoms with Crippen LogP contribution in [0.3, 0.4) is 0 Å². The molecule has 0 N–H and O–H groups in total. The Morgan fingerprint density at radius 1 is 1.33 bits per heavy atom. The molecular formula is C14H22INO2. The first kappa shape index (κ1) is 14.3. The fourth-order valence-electron chi connectivity index (χ4n) is 3.65. The lowest BCUT2D eigenvalue weighted by Gasteiger charge is -2.40. The van der Waals surface area contributed by atoms with Crippen LogP contribution in [-0.4, -0.2) is 26.7 Å². The van der Waals surface area contributed by atoms with Crippen molar-refractivity contribution in [2.45, 2.75) is 65.0 Å². The van der Waals surface area contributed by atoms with E-state index in [0.717, 1.165) is 19.3 Å². The molecule has 0 unspecified atom stereocenters. The van der Waals surface area contributed by atoms with Crippen LogP contribution in [0.25, 0.3) is 0 Å². The van der Waals surface area contributed by atoms with Gasteiger partial charge in [-0.3, -0.25) is 9.59 Å². The molecule has 0 bridgehead atoms. The van der Waals surface area contributed by atoms with Gasteiger partial charge in [0.1, 0.15) is 6.04 Å². The molecule has 1 amide bonds. The summed E-state index contributed by atoms with van der Waals surface area (Å²) >= 11 is 1.86. The Bertz CT molecular complexity index is 369. The monoisotopic (exact) mass is 363 g/mol. The van der Waals surface area contributed by atoms with Gasteiger partial charge in [-0.2, -0.15) is 0 Å². The van der Waals surface area contributed by atoms with E-state index in [0.29, 0.717) is 0 Å². The summed E-state index contributed by atoms with van der Waals surface area (Å²) in [5, 5.41) is 0. The lowest BCUT2D eigenvalue weighted by Crippen LogP contribution is -2.48. The topological polar surface area (TPSA) is 37.4 Å². The van der Waals surface area contributed by atoms with Gasteiger partial charge in [-0.25, -0.2) is 0 Å². The first-order valence-corrected chi connectivity index (χ1v) is 7.96. The average molecular weight is 363 g/mol. The second-order valence-electron chi connectivity index (χ2n) is 6.34. The summed E-state index contributed by atoms with van der Waals surface area (Å²) in [6.45, 7) is 6.11. The lowest BCUT2D eigenvalue weighted by atomic mass is 9.71. The number of amides is 1. The van der Waals surface area contributed by atoms with Crippen molar-refractivity contribution in [2.75, 3.05) is 0 Å². The third-order valence-electron chi connectivity index (χ3n) is 4.62. The number of nitrogens with zero attached hydrogens (tertiary/aromatic N) is 1. The van der Waals surface area contributed by atoms with E-state index in [1.165, 1.54) is 12.8 Å². The van der Waals surface area contributed by atoms with Crippen LogP contribution in [0.5, 0.6) is 0 Å². The summed E-state index contributed by atoms with van der Waals surface area (Å²) in [7, 11) is 0. The maximum atomic E-state index is 12.4. The normalized spacial score (nSPS) is 35.7. The molecule has 1 aliphatic heterocycles. The standard InChI is InChI=1S/C14H22INO2/c1-9(2)13(18)16-10(12(15)17)8-14(3)7-5-4-6-11(14)16/h9-11H,4-8H2,1-3H3/t10-,11-,14+/m0/s1. The molecule has 0 spiro atoms. The molecule has 4 heteroatoms. The largest absolute Gasteiger partial charge is 0.328 e. The molecule has 0 radical (unpaired) electrons. The van der Waals surface area contributed by atoms with Gasteiger partial charge in [-0.1, -0.05) is 33.6 Å². The molecule has 1 aliphatic carbocycles. The van der Waals surface area contributed by atoms with Crippen molar-refractivity contribution in [1.29, 1.82) is 0 Å². The van der Waals surface area contributed by atoms with Crippen molar-refractivity contribution < 1.29 is 9.59 Å². The highest BCUT2D eigenvalue weighted by molar-refractivity contribution is 14.1. The maximum Gasteiger partial charge on any atom is 0.226 e. The summed E-state index contributed by atoms with van der Waals surface area (Å²) in [5.41, 5.74) is 0.161. The molecule has 2 aliphatic rings. The van der Waals surface area contributed by atoms with Gasteiger partial charge >= 0.3 is 0 Å².